The SMILES string of the molecule is CSCC[C@H](NC(C)=O)C(=O)N[C@H]1CC(C)N([C@@H](Cc2ccccc2)C(C)=O)C1=O. The van der Waals surface area contributed by atoms with Gasteiger partial charge in [-0.25, -0.2) is 0 Å². The van der Waals surface area contributed by atoms with Crippen molar-refractivity contribution in [3.8, 4) is 0 Å². The first-order chi connectivity index (χ1) is 14.2. The van der Waals surface area contributed by atoms with Crippen LogP contribution < -0.4 is 10.6 Å². The molecule has 2 rings (SSSR count). The fraction of sp³-hybridized carbons (Fsp3) is 0.545. The Labute approximate surface area is 182 Å². The van der Waals surface area contributed by atoms with Gasteiger partial charge >= 0.3 is 0 Å². The van der Waals surface area contributed by atoms with Gasteiger partial charge in [0.1, 0.15) is 12.1 Å². The molecular formula is C22H31N3O4S. The van der Waals surface area contributed by atoms with Gasteiger partial charge in [-0.3, -0.25) is 19.2 Å². The van der Waals surface area contributed by atoms with E-state index in [0.29, 0.717) is 25.0 Å². The van der Waals surface area contributed by atoms with E-state index in [0.717, 1.165) is 5.56 Å². The fourth-order valence-corrected chi connectivity index (χ4v) is 4.30. The lowest BCUT2D eigenvalue weighted by molar-refractivity contribution is -0.139. The Hall–Kier alpha value is -2.35. The molecule has 0 spiro atoms. The molecule has 3 amide bonds. The predicted molar refractivity (Wildman–Crippen MR) is 118 cm³/mol. The van der Waals surface area contributed by atoms with Crippen molar-refractivity contribution in [2.24, 2.45) is 0 Å². The molecule has 1 aromatic rings. The Morgan fingerprint density at radius 3 is 2.43 bits per heavy atom. The van der Waals surface area contributed by atoms with Crippen molar-refractivity contribution in [2.75, 3.05) is 12.0 Å². The molecule has 1 saturated heterocycles. The van der Waals surface area contributed by atoms with E-state index in [2.05, 4.69) is 10.6 Å². The average Bonchev–Trinajstić information content (AvgIpc) is 2.96. The molecule has 0 aromatic heterocycles. The van der Waals surface area contributed by atoms with E-state index >= 15 is 0 Å². The number of nitrogens with zero attached hydrogens (tertiary/aromatic N) is 1. The van der Waals surface area contributed by atoms with Crippen molar-refractivity contribution in [3.63, 3.8) is 0 Å². The van der Waals surface area contributed by atoms with Crippen molar-refractivity contribution < 1.29 is 19.2 Å². The second-order valence-electron chi connectivity index (χ2n) is 7.74. The van der Waals surface area contributed by atoms with E-state index in [1.54, 1.807) is 16.7 Å². The van der Waals surface area contributed by atoms with Crippen LogP contribution in [0.1, 0.15) is 39.2 Å². The molecule has 0 radical (unpaired) electrons. The van der Waals surface area contributed by atoms with E-state index in [1.807, 2.05) is 43.5 Å². The average molecular weight is 434 g/mol. The molecule has 0 saturated carbocycles. The van der Waals surface area contributed by atoms with Gasteiger partial charge in [0.05, 0.1) is 6.04 Å². The monoisotopic (exact) mass is 433 g/mol. The Kier molecular flexibility index (Phi) is 8.89. The quantitative estimate of drug-likeness (QED) is 0.584. The van der Waals surface area contributed by atoms with Crippen molar-refractivity contribution in [3.05, 3.63) is 35.9 Å². The number of ketones is 1. The van der Waals surface area contributed by atoms with Crippen LogP contribution in [0.15, 0.2) is 30.3 Å². The Balaban J connectivity index is 2.11. The molecule has 7 nitrogen and oxygen atoms in total. The van der Waals surface area contributed by atoms with Crippen LogP contribution in [0.4, 0.5) is 0 Å². The van der Waals surface area contributed by atoms with E-state index in [4.69, 9.17) is 0 Å². The van der Waals surface area contributed by atoms with Gasteiger partial charge in [0.15, 0.2) is 5.78 Å². The molecule has 1 heterocycles. The highest BCUT2D eigenvalue weighted by Crippen LogP contribution is 2.24. The summed E-state index contributed by atoms with van der Waals surface area (Å²) in [6, 6.07) is 7.46. The second kappa shape index (κ2) is 11.2. The summed E-state index contributed by atoms with van der Waals surface area (Å²) in [5, 5.41) is 5.45. The van der Waals surface area contributed by atoms with Crippen LogP contribution >= 0.6 is 11.8 Å². The lowest BCUT2D eigenvalue weighted by Gasteiger charge is -2.30. The number of nitrogens with one attached hydrogen (secondary N) is 2. The van der Waals surface area contributed by atoms with Crippen molar-refractivity contribution in [2.45, 2.75) is 64.2 Å². The number of Topliss-reactive ketones (excluding diaryl/α,β-unsaturated/α-hetero) is 1. The minimum absolute atomic E-state index is 0.0814. The lowest BCUT2D eigenvalue weighted by atomic mass is 10.0. The third-order valence-corrected chi connectivity index (χ3v) is 5.95. The van der Waals surface area contributed by atoms with E-state index in [1.165, 1.54) is 13.8 Å². The summed E-state index contributed by atoms with van der Waals surface area (Å²) in [4.78, 5) is 51.3. The number of thioether (sulfide) groups is 1. The van der Waals surface area contributed by atoms with E-state index < -0.39 is 18.1 Å². The zero-order valence-corrected chi connectivity index (χ0v) is 18.8. The second-order valence-corrected chi connectivity index (χ2v) is 8.73. The number of amides is 3. The van der Waals surface area contributed by atoms with E-state index in [9.17, 15) is 19.2 Å². The van der Waals surface area contributed by atoms with Crippen LogP contribution in [0.3, 0.4) is 0 Å². The van der Waals surface area contributed by atoms with Crippen LogP contribution in [0.2, 0.25) is 0 Å². The summed E-state index contributed by atoms with van der Waals surface area (Å²) in [6.07, 6.45) is 3.28. The van der Waals surface area contributed by atoms with Crippen LogP contribution in [-0.2, 0) is 25.6 Å². The summed E-state index contributed by atoms with van der Waals surface area (Å²) >= 11 is 1.58. The predicted octanol–water partition coefficient (Wildman–Crippen LogP) is 1.55. The summed E-state index contributed by atoms with van der Waals surface area (Å²) in [5.41, 5.74) is 0.980. The number of hydrogen-bond donors (Lipinski definition) is 2. The van der Waals surface area contributed by atoms with Gasteiger partial charge < -0.3 is 15.5 Å². The van der Waals surface area contributed by atoms with Gasteiger partial charge in [0, 0.05) is 13.0 Å². The van der Waals surface area contributed by atoms with Gasteiger partial charge in [0.25, 0.3) is 0 Å². The molecule has 1 aliphatic rings. The summed E-state index contributed by atoms with van der Waals surface area (Å²) in [7, 11) is 0. The summed E-state index contributed by atoms with van der Waals surface area (Å²) in [5.74, 6) is -0.277. The Morgan fingerprint density at radius 1 is 1.20 bits per heavy atom. The third kappa shape index (κ3) is 6.32. The maximum atomic E-state index is 13.1. The van der Waals surface area contributed by atoms with Gasteiger partial charge in [0.2, 0.25) is 17.7 Å². The Bertz CT molecular complexity index is 771. The minimum Gasteiger partial charge on any atom is -0.345 e. The molecule has 4 atom stereocenters. The van der Waals surface area contributed by atoms with Crippen molar-refractivity contribution >= 4 is 35.3 Å². The third-order valence-electron chi connectivity index (χ3n) is 5.30. The highest BCUT2D eigenvalue weighted by Gasteiger charge is 2.43. The molecule has 0 bridgehead atoms. The Morgan fingerprint density at radius 2 is 1.87 bits per heavy atom. The molecule has 1 fully saturated rings. The topological polar surface area (TPSA) is 95.6 Å². The highest BCUT2D eigenvalue weighted by atomic mass is 32.2. The van der Waals surface area contributed by atoms with E-state index in [-0.39, 0.29) is 29.5 Å². The first-order valence-electron chi connectivity index (χ1n) is 10.2. The number of rotatable bonds is 10. The maximum absolute atomic E-state index is 13.1. The molecular weight excluding hydrogens is 402 g/mol. The highest BCUT2D eigenvalue weighted by molar-refractivity contribution is 7.98. The normalized spacial score (nSPS) is 20.5. The molecule has 30 heavy (non-hydrogen) atoms. The standard InChI is InChI=1S/C22H31N3O4S/c1-14-12-19(24-21(28)18(10-11-30-4)23-16(3)27)22(29)25(14)20(15(2)26)13-17-8-6-5-7-9-17/h5-9,14,18-20H,10-13H2,1-4H3,(H,23,27)(H,24,28)/t14?,18-,19-,20-/m0/s1. The smallest absolute Gasteiger partial charge is 0.246 e. The number of carbonyl (C=O) groups is 4. The van der Waals surface area contributed by atoms with Gasteiger partial charge in [-0.15, -0.1) is 0 Å². The number of benzene rings is 1. The summed E-state index contributed by atoms with van der Waals surface area (Å²) < 4.78 is 0. The fourth-order valence-electron chi connectivity index (χ4n) is 3.83. The number of carbonyl (C=O) groups excluding carboxylic acids is 4. The molecule has 1 aromatic carbocycles. The minimum atomic E-state index is -0.698. The largest absolute Gasteiger partial charge is 0.345 e. The molecule has 1 aliphatic heterocycles. The van der Waals surface area contributed by atoms with Crippen LogP contribution in [0.25, 0.3) is 0 Å². The first-order valence-corrected chi connectivity index (χ1v) is 11.6. The van der Waals surface area contributed by atoms with Crippen LogP contribution in [-0.4, -0.2) is 64.6 Å². The zero-order valence-electron chi connectivity index (χ0n) is 18.0. The molecule has 1 unspecified atom stereocenters. The summed E-state index contributed by atoms with van der Waals surface area (Å²) in [6.45, 7) is 4.75. The number of likely N-dealkylation sites (tertiary alicyclic amines) is 1. The molecule has 164 valence electrons. The van der Waals surface area contributed by atoms with Gasteiger partial charge in [-0.1, -0.05) is 30.3 Å². The van der Waals surface area contributed by atoms with Crippen LogP contribution in [0, 0.1) is 0 Å². The zero-order chi connectivity index (χ0) is 22.3. The van der Waals surface area contributed by atoms with Crippen LogP contribution in [0.5, 0.6) is 0 Å². The van der Waals surface area contributed by atoms with Crippen molar-refractivity contribution in [1.29, 1.82) is 0 Å². The van der Waals surface area contributed by atoms with Crippen molar-refractivity contribution in [1.82, 2.24) is 15.5 Å². The molecule has 8 heteroatoms. The van der Waals surface area contributed by atoms with Gasteiger partial charge in [-0.2, -0.15) is 11.8 Å². The first kappa shape index (κ1) is 23.9. The maximum Gasteiger partial charge on any atom is 0.246 e. The lowest BCUT2D eigenvalue weighted by Crippen LogP contribution is -2.53. The van der Waals surface area contributed by atoms with Gasteiger partial charge in [-0.05, 0) is 50.7 Å². The number of hydrogen-bond acceptors (Lipinski definition) is 5. The molecule has 0 aliphatic carbocycles. The molecule has 2 N–H and O–H groups in total.